The topological polar surface area (TPSA) is 60.2 Å². The Morgan fingerprint density at radius 3 is 2.75 bits per heavy atom. The van der Waals surface area contributed by atoms with Gasteiger partial charge in [0.2, 0.25) is 0 Å². The predicted octanol–water partition coefficient (Wildman–Crippen LogP) is 2.91. The zero-order valence-corrected chi connectivity index (χ0v) is 12.9. The maximum Gasteiger partial charge on any atom is 0.0874 e. The van der Waals surface area contributed by atoms with Gasteiger partial charge in [0.25, 0.3) is 0 Å². The second-order valence-corrected chi connectivity index (χ2v) is 5.95. The Hall–Kier alpha value is -1.13. The number of nitrogen functional groups attached to an aromatic ring is 1. The summed E-state index contributed by atoms with van der Waals surface area (Å²) in [5, 5.41) is 3.57. The number of hydrogen-bond acceptors (Lipinski definition) is 4. The molecule has 0 aromatic carbocycles. The molecule has 1 aromatic rings. The summed E-state index contributed by atoms with van der Waals surface area (Å²) in [6, 6.07) is 1.98. The van der Waals surface area contributed by atoms with Gasteiger partial charge in [-0.15, -0.1) is 0 Å². The van der Waals surface area contributed by atoms with E-state index in [4.69, 9.17) is 10.5 Å². The average Bonchev–Trinajstić information content (AvgIpc) is 2.47. The van der Waals surface area contributed by atoms with E-state index in [1.54, 1.807) is 6.20 Å². The Balaban J connectivity index is 2.33. The van der Waals surface area contributed by atoms with Gasteiger partial charge < -0.3 is 15.8 Å². The first-order chi connectivity index (χ1) is 9.63. The Morgan fingerprint density at radius 1 is 1.50 bits per heavy atom. The summed E-state index contributed by atoms with van der Waals surface area (Å²) in [4.78, 5) is 4.25. The van der Waals surface area contributed by atoms with Gasteiger partial charge in [-0.05, 0) is 44.2 Å². The first kappa shape index (κ1) is 15.3. The van der Waals surface area contributed by atoms with E-state index >= 15 is 0 Å². The molecule has 1 aromatic heterocycles. The van der Waals surface area contributed by atoms with E-state index in [0.29, 0.717) is 0 Å². The van der Waals surface area contributed by atoms with E-state index in [0.717, 1.165) is 36.6 Å². The summed E-state index contributed by atoms with van der Waals surface area (Å²) in [5.41, 5.74) is 7.85. The Labute approximate surface area is 122 Å². The van der Waals surface area contributed by atoms with Crippen LogP contribution in [-0.2, 0) is 4.74 Å². The van der Waals surface area contributed by atoms with Crippen molar-refractivity contribution in [2.75, 3.05) is 19.4 Å². The molecule has 112 valence electrons. The van der Waals surface area contributed by atoms with Gasteiger partial charge in [-0.3, -0.25) is 4.98 Å². The lowest BCUT2D eigenvalue weighted by Gasteiger charge is -2.44. The van der Waals surface area contributed by atoms with Crippen LogP contribution in [0.15, 0.2) is 18.5 Å². The average molecular weight is 277 g/mol. The number of pyridine rings is 1. The molecule has 0 saturated heterocycles. The van der Waals surface area contributed by atoms with Gasteiger partial charge in [-0.25, -0.2) is 0 Å². The summed E-state index contributed by atoms with van der Waals surface area (Å²) < 4.78 is 6.01. The summed E-state index contributed by atoms with van der Waals surface area (Å²) in [5.74, 6) is 0.784. The number of rotatable bonds is 5. The highest BCUT2D eigenvalue weighted by Gasteiger charge is 2.42. The van der Waals surface area contributed by atoms with Crippen molar-refractivity contribution in [3.8, 4) is 0 Å². The summed E-state index contributed by atoms with van der Waals surface area (Å²) in [7, 11) is 1.83. The van der Waals surface area contributed by atoms with Crippen molar-refractivity contribution in [3.63, 3.8) is 0 Å². The van der Waals surface area contributed by atoms with Crippen molar-refractivity contribution in [1.82, 2.24) is 10.3 Å². The van der Waals surface area contributed by atoms with E-state index in [2.05, 4.69) is 24.1 Å². The molecular weight excluding hydrogens is 250 g/mol. The highest BCUT2D eigenvalue weighted by molar-refractivity contribution is 5.47. The number of nitrogens with zero attached hydrogens (tertiary/aromatic N) is 1. The number of hydrogen-bond donors (Lipinski definition) is 2. The van der Waals surface area contributed by atoms with Crippen LogP contribution in [0, 0.1) is 5.92 Å². The molecule has 1 fully saturated rings. The Morgan fingerprint density at radius 2 is 2.20 bits per heavy atom. The molecule has 0 bridgehead atoms. The molecule has 1 saturated carbocycles. The number of aromatic nitrogens is 1. The third-order valence-corrected chi connectivity index (χ3v) is 4.66. The van der Waals surface area contributed by atoms with Crippen molar-refractivity contribution < 1.29 is 4.74 Å². The van der Waals surface area contributed by atoms with Gasteiger partial charge in [-0.2, -0.15) is 0 Å². The largest absolute Gasteiger partial charge is 0.398 e. The minimum Gasteiger partial charge on any atom is -0.398 e. The molecule has 2 rings (SSSR count). The maximum atomic E-state index is 6.16. The van der Waals surface area contributed by atoms with Crippen LogP contribution in [0.1, 0.15) is 51.1 Å². The van der Waals surface area contributed by atoms with E-state index in [1.165, 1.54) is 12.8 Å². The number of methoxy groups -OCH3 is 1. The van der Waals surface area contributed by atoms with Crippen LogP contribution in [0.4, 0.5) is 5.69 Å². The summed E-state index contributed by atoms with van der Waals surface area (Å²) in [6.45, 7) is 5.33. The third-order valence-electron chi connectivity index (χ3n) is 4.66. The van der Waals surface area contributed by atoms with Crippen LogP contribution in [0.5, 0.6) is 0 Å². The SMILES string of the molecule is CCNC(c1cnccc1N)C1(OC)CCC(C)CC1. The van der Waals surface area contributed by atoms with Gasteiger partial charge in [0.1, 0.15) is 0 Å². The number of anilines is 1. The van der Waals surface area contributed by atoms with Crippen LogP contribution >= 0.6 is 0 Å². The molecule has 1 aliphatic rings. The summed E-state index contributed by atoms with van der Waals surface area (Å²) >= 11 is 0. The molecule has 0 spiro atoms. The summed E-state index contributed by atoms with van der Waals surface area (Å²) in [6.07, 6.45) is 8.16. The minimum atomic E-state index is -0.167. The molecule has 20 heavy (non-hydrogen) atoms. The molecular formula is C16H27N3O. The molecule has 3 N–H and O–H groups in total. The lowest BCUT2D eigenvalue weighted by atomic mass is 9.73. The van der Waals surface area contributed by atoms with Crippen molar-refractivity contribution >= 4 is 5.69 Å². The quantitative estimate of drug-likeness (QED) is 0.869. The first-order valence-corrected chi connectivity index (χ1v) is 7.61. The highest BCUT2D eigenvalue weighted by atomic mass is 16.5. The normalized spacial score (nSPS) is 28.2. The molecule has 1 aliphatic carbocycles. The van der Waals surface area contributed by atoms with Crippen molar-refractivity contribution in [2.45, 2.75) is 51.2 Å². The predicted molar refractivity (Wildman–Crippen MR) is 82.4 cm³/mol. The molecule has 4 heteroatoms. The van der Waals surface area contributed by atoms with E-state index in [-0.39, 0.29) is 11.6 Å². The fraction of sp³-hybridized carbons (Fsp3) is 0.688. The van der Waals surface area contributed by atoms with Gasteiger partial charge in [0.05, 0.1) is 11.6 Å². The minimum absolute atomic E-state index is 0.110. The zero-order chi connectivity index (χ0) is 14.6. The van der Waals surface area contributed by atoms with Crippen LogP contribution in [0.2, 0.25) is 0 Å². The van der Waals surface area contributed by atoms with Crippen LogP contribution in [0.3, 0.4) is 0 Å². The molecule has 0 radical (unpaired) electrons. The van der Waals surface area contributed by atoms with Gasteiger partial charge >= 0.3 is 0 Å². The molecule has 4 nitrogen and oxygen atoms in total. The van der Waals surface area contributed by atoms with Gasteiger partial charge in [-0.1, -0.05) is 13.8 Å². The Kier molecular flexibility index (Phi) is 5.00. The molecule has 0 amide bonds. The second-order valence-electron chi connectivity index (χ2n) is 5.95. The fourth-order valence-corrected chi connectivity index (χ4v) is 3.30. The number of likely N-dealkylation sites (N-methyl/N-ethyl adjacent to an activating group) is 1. The van der Waals surface area contributed by atoms with Crippen LogP contribution < -0.4 is 11.1 Å². The molecule has 0 aliphatic heterocycles. The zero-order valence-electron chi connectivity index (χ0n) is 12.9. The highest BCUT2D eigenvalue weighted by Crippen LogP contribution is 2.43. The monoisotopic (exact) mass is 277 g/mol. The first-order valence-electron chi connectivity index (χ1n) is 7.61. The van der Waals surface area contributed by atoms with Gasteiger partial charge in [0.15, 0.2) is 0 Å². The standard InChI is InChI=1S/C16H27N3O/c1-4-19-15(13-11-18-10-7-14(13)17)16(20-3)8-5-12(2)6-9-16/h7,10-12,15,19H,4-6,8-9H2,1-3H3,(H2,17,18). The van der Waals surface area contributed by atoms with Crippen molar-refractivity contribution in [1.29, 1.82) is 0 Å². The van der Waals surface area contributed by atoms with E-state index < -0.39 is 0 Å². The Bertz CT molecular complexity index is 427. The molecule has 1 unspecified atom stereocenters. The number of ether oxygens (including phenoxy) is 1. The smallest absolute Gasteiger partial charge is 0.0874 e. The van der Waals surface area contributed by atoms with Crippen LogP contribution in [0.25, 0.3) is 0 Å². The molecule has 1 atom stereocenters. The van der Waals surface area contributed by atoms with Crippen molar-refractivity contribution in [2.24, 2.45) is 5.92 Å². The number of nitrogens with two attached hydrogens (primary N) is 1. The lowest BCUT2D eigenvalue weighted by molar-refractivity contribution is -0.0756. The van der Waals surface area contributed by atoms with Gasteiger partial charge in [0, 0.05) is 30.8 Å². The number of nitrogens with one attached hydrogen (secondary N) is 1. The van der Waals surface area contributed by atoms with Crippen LogP contribution in [-0.4, -0.2) is 24.2 Å². The van der Waals surface area contributed by atoms with Crippen molar-refractivity contribution in [3.05, 3.63) is 24.0 Å². The van der Waals surface area contributed by atoms with E-state index in [1.807, 2.05) is 19.4 Å². The fourth-order valence-electron chi connectivity index (χ4n) is 3.30. The lowest BCUT2D eigenvalue weighted by Crippen LogP contribution is -2.48. The third kappa shape index (κ3) is 2.96. The van der Waals surface area contributed by atoms with E-state index in [9.17, 15) is 0 Å². The maximum absolute atomic E-state index is 6.16. The second kappa shape index (κ2) is 6.55. The molecule has 1 heterocycles.